The van der Waals surface area contributed by atoms with Crippen LogP contribution in [0.15, 0.2) is 56.0 Å². The fraction of sp³-hybridized carbons (Fsp3) is 0.303. The number of halogens is 1. The van der Waals surface area contributed by atoms with Crippen molar-refractivity contribution in [3.63, 3.8) is 0 Å². The molecule has 1 aliphatic carbocycles. The van der Waals surface area contributed by atoms with Gasteiger partial charge in [-0.3, -0.25) is 28.3 Å². The number of hydrogen-bond donors (Lipinski definition) is 2. The first-order chi connectivity index (χ1) is 22.4. The predicted molar refractivity (Wildman–Crippen MR) is 172 cm³/mol. The van der Waals surface area contributed by atoms with Crippen LogP contribution in [-0.4, -0.2) is 52.6 Å². The second-order valence-electron chi connectivity index (χ2n) is 11.8. The Balaban J connectivity index is 1.51. The third kappa shape index (κ3) is 3.92. The van der Waals surface area contributed by atoms with Crippen molar-refractivity contribution in [2.24, 2.45) is 20.0 Å². The van der Waals surface area contributed by atoms with Crippen LogP contribution in [-0.2, 0) is 18.9 Å². The van der Waals surface area contributed by atoms with Crippen LogP contribution in [0.25, 0.3) is 10.9 Å². The molecule has 0 amide bonds. The summed E-state index contributed by atoms with van der Waals surface area (Å²) in [7, 11) is 7.07. The molecular formula is C33H29ClN4O9. The third-order valence-electron chi connectivity index (χ3n) is 9.47. The van der Waals surface area contributed by atoms with E-state index in [-0.39, 0.29) is 56.8 Å². The van der Waals surface area contributed by atoms with E-state index in [2.05, 4.69) is 10.3 Å². The Bertz CT molecular complexity index is 2320. The Kier molecular flexibility index (Phi) is 6.69. The Morgan fingerprint density at radius 2 is 1.66 bits per heavy atom. The molecule has 0 fully saturated rings. The molecule has 1 spiro atoms. The number of aromatic nitrogens is 3. The maximum absolute atomic E-state index is 15.1. The van der Waals surface area contributed by atoms with Crippen LogP contribution in [0.5, 0.6) is 23.0 Å². The van der Waals surface area contributed by atoms with Gasteiger partial charge in [-0.2, -0.15) is 0 Å². The third-order valence-corrected chi connectivity index (χ3v) is 9.83. The molecule has 4 heterocycles. The summed E-state index contributed by atoms with van der Waals surface area (Å²) in [6, 6.07) is 8.14. The molecule has 0 radical (unpaired) electrons. The van der Waals surface area contributed by atoms with E-state index in [1.54, 1.807) is 31.2 Å². The molecule has 2 aromatic heterocycles. The highest BCUT2D eigenvalue weighted by Gasteiger charge is 2.64. The fourth-order valence-electron chi connectivity index (χ4n) is 7.04. The van der Waals surface area contributed by atoms with Gasteiger partial charge in [0.15, 0.2) is 5.75 Å². The highest BCUT2D eigenvalue weighted by molar-refractivity contribution is 6.36. The monoisotopic (exact) mass is 660 g/mol. The van der Waals surface area contributed by atoms with Gasteiger partial charge >= 0.3 is 5.69 Å². The Morgan fingerprint density at radius 3 is 2.34 bits per heavy atom. The molecule has 13 nitrogen and oxygen atoms in total. The van der Waals surface area contributed by atoms with Crippen LogP contribution in [0.3, 0.4) is 0 Å². The van der Waals surface area contributed by atoms with E-state index in [9.17, 15) is 19.2 Å². The molecule has 2 aliphatic heterocycles. The van der Waals surface area contributed by atoms with E-state index in [1.165, 1.54) is 46.1 Å². The van der Waals surface area contributed by atoms with E-state index in [0.717, 1.165) is 4.57 Å². The molecule has 4 aromatic rings. The van der Waals surface area contributed by atoms with Gasteiger partial charge in [-0.25, -0.2) is 4.79 Å². The number of H-pyrrole nitrogens is 1. The van der Waals surface area contributed by atoms with E-state index in [1.807, 2.05) is 0 Å². The number of carbonyl (C=O) groups is 2. The first-order valence-electron chi connectivity index (χ1n) is 14.6. The molecule has 242 valence electrons. The van der Waals surface area contributed by atoms with Gasteiger partial charge in [0.25, 0.3) is 11.1 Å². The average molecular weight is 661 g/mol. The Hall–Kier alpha value is -5.30. The largest absolute Gasteiger partial charge is 0.497 e. The number of nitrogens with zero attached hydrogens (tertiary/aromatic N) is 2. The second kappa shape index (κ2) is 10.4. The number of hydrogen-bond acceptors (Lipinski definition) is 10. The zero-order valence-electron chi connectivity index (χ0n) is 26.2. The van der Waals surface area contributed by atoms with Crippen LogP contribution >= 0.6 is 11.6 Å². The molecule has 7 rings (SSSR count). The predicted octanol–water partition coefficient (Wildman–Crippen LogP) is 3.04. The number of nitrogens with one attached hydrogen (secondary N) is 2. The average Bonchev–Trinajstić information content (AvgIpc) is 3.38. The van der Waals surface area contributed by atoms with Crippen molar-refractivity contribution < 1.29 is 28.5 Å². The molecule has 0 saturated heterocycles. The highest BCUT2D eigenvalue weighted by atomic mass is 35.5. The van der Waals surface area contributed by atoms with Gasteiger partial charge in [-0.1, -0.05) is 18.5 Å². The maximum Gasteiger partial charge on any atom is 0.332 e. The number of aromatic amines is 1. The number of carbonyl (C=O) groups excluding carboxylic acids is 2. The van der Waals surface area contributed by atoms with E-state index in [0.29, 0.717) is 22.3 Å². The maximum atomic E-state index is 15.1. The van der Waals surface area contributed by atoms with Gasteiger partial charge in [0.05, 0.1) is 38.3 Å². The number of Topliss-reactive ketones (excluding diaryl/α,β-unsaturated/α-hetero) is 2. The number of rotatable bonds is 4. The van der Waals surface area contributed by atoms with Crippen LogP contribution in [0.4, 0.5) is 5.82 Å². The van der Waals surface area contributed by atoms with Crippen molar-refractivity contribution in [1.29, 1.82) is 0 Å². The second-order valence-corrected chi connectivity index (χ2v) is 12.2. The minimum atomic E-state index is -2.11. The van der Waals surface area contributed by atoms with Crippen molar-refractivity contribution in [2.75, 3.05) is 26.6 Å². The van der Waals surface area contributed by atoms with Crippen molar-refractivity contribution >= 4 is 39.9 Å². The molecule has 0 bridgehead atoms. The van der Waals surface area contributed by atoms with E-state index in [4.69, 9.17) is 30.5 Å². The molecule has 3 aliphatic rings. The molecule has 47 heavy (non-hydrogen) atoms. The fourth-order valence-corrected chi connectivity index (χ4v) is 7.30. The standard InChI is InChI=1S/C33H29ClN4O9/c1-13-9-18-22(27(39)33(13)28(40)23-19(45-5)12-20(46-6)25(34)26(23)47-33)21(24-29(35-18)37(2)32(43)38(3)31(24)42)16-10-14-7-8-15(44-4)11-17(14)36-30(16)41/h7-8,10-13,21,35H,9H2,1-6H3,(H,36,41)/t13-,21+,33+/m1/s1. The SMILES string of the molecule is COc1ccc2cc([C@H]3C4=C(C[C@@H](C)[C@]5(Oc6c(Cl)c(OC)cc(OC)c6C5=O)C4=O)Nc4c3c(=O)n(C)c(=O)n4C)c(=O)[nH]c2c1. The first kappa shape index (κ1) is 30.4. The summed E-state index contributed by atoms with van der Waals surface area (Å²) in [5, 5.41) is 3.73. The summed E-state index contributed by atoms with van der Waals surface area (Å²) in [6.07, 6.45) is 0.0832. The number of ketones is 2. The number of allylic oxidation sites excluding steroid dienone is 1. The number of anilines is 1. The summed E-state index contributed by atoms with van der Waals surface area (Å²) in [4.78, 5) is 73.3. The molecule has 0 saturated carbocycles. The van der Waals surface area contributed by atoms with Crippen molar-refractivity contribution in [3.8, 4) is 23.0 Å². The zero-order chi connectivity index (χ0) is 33.7. The number of methoxy groups -OCH3 is 3. The molecule has 0 unspecified atom stereocenters. The lowest BCUT2D eigenvalue weighted by atomic mass is 9.66. The van der Waals surface area contributed by atoms with Crippen molar-refractivity contribution in [1.82, 2.24) is 14.1 Å². The summed E-state index contributed by atoms with van der Waals surface area (Å²) < 4.78 is 24.7. The number of pyridine rings is 1. The number of fused-ring (bicyclic) bond motifs is 3. The van der Waals surface area contributed by atoms with E-state index < -0.39 is 45.8 Å². The molecular weight excluding hydrogens is 632 g/mol. The van der Waals surface area contributed by atoms with Gasteiger partial charge in [-0.15, -0.1) is 0 Å². The topological polar surface area (TPSA) is 160 Å². The molecule has 14 heteroatoms. The smallest absolute Gasteiger partial charge is 0.332 e. The lowest BCUT2D eigenvalue weighted by Crippen LogP contribution is -2.58. The van der Waals surface area contributed by atoms with Crippen LogP contribution in [0, 0.1) is 5.92 Å². The lowest BCUT2D eigenvalue weighted by molar-refractivity contribution is -0.130. The van der Waals surface area contributed by atoms with Gasteiger partial charge < -0.3 is 29.2 Å². The van der Waals surface area contributed by atoms with Crippen molar-refractivity contribution in [2.45, 2.75) is 24.9 Å². The van der Waals surface area contributed by atoms with Gasteiger partial charge in [-0.05, 0) is 30.0 Å². The zero-order valence-corrected chi connectivity index (χ0v) is 27.0. The van der Waals surface area contributed by atoms with Crippen molar-refractivity contribution in [3.05, 3.63) is 94.5 Å². The summed E-state index contributed by atoms with van der Waals surface area (Å²) in [6.45, 7) is 1.69. The molecule has 2 aromatic carbocycles. The normalized spacial score (nSPS) is 21.3. The van der Waals surface area contributed by atoms with E-state index >= 15 is 4.79 Å². The first-order valence-corrected chi connectivity index (χ1v) is 15.0. The quantitative estimate of drug-likeness (QED) is 0.312. The summed E-state index contributed by atoms with van der Waals surface area (Å²) in [5.74, 6) is -2.59. The minimum absolute atomic E-state index is 0.00655. The van der Waals surface area contributed by atoms with Gasteiger partial charge in [0.1, 0.15) is 33.7 Å². The number of benzene rings is 2. The van der Waals surface area contributed by atoms with Crippen LogP contribution < -0.4 is 41.1 Å². The summed E-state index contributed by atoms with van der Waals surface area (Å²) in [5.41, 5.74) is -3.15. The highest BCUT2D eigenvalue weighted by Crippen LogP contribution is 2.56. The van der Waals surface area contributed by atoms with Gasteiger partial charge in [0.2, 0.25) is 17.2 Å². The summed E-state index contributed by atoms with van der Waals surface area (Å²) >= 11 is 6.62. The van der Waals surface area contributed by atoms with Crippen LogP contribution in [0.1, 0.15) is 40.7 Å². The Morgan fingerprint density at radius 1 is 0.936 bits per heavy atom. The minimum Gasteiger partial charge on any atom is -0.497 e. The van der Waals surface area contributed by atoms with Gasteiger partial charge in [0, 0.05) is 49.0 Å². The van der Waals surface area contributed by atoms with Crippen LogP contribution in [0.2, 0.25) is 5.02 Å². The number of ether oxygens (including phenoxy) is 4. The lowest BCUT2D eigenvalue weighted by Gasteiger charge is -2.42. The molecule has 2 N–H and O–H groups in total. The molecule has 3 atom stereocenters. The Labute approximate surface area is 271 Å².